The lowest BCUT2D eigenvalue weighted by Gasteiger charge is -2.31. The Bertz CT molecular complexity index is 4170. The Balaban J connectivity index is 1.22. The molecule has 6 rings (SSSR count). The molecule has 44 nitrogen and oxygen atoms in total. The zero-order chi connectivity index (χ0) is 83.7. The van der Waals surface area contributed by atoms with Crippen LogP contribution < -0.4 is 63.8 Å². The summed E-state index contributed by atoms with van der Waals surface area (Å²) in [6, 6.07) is -12.0. The SMILES string of the molecule is CC(=O)N[C@@H](CS)C(=O)NCC(=O)N[C@@H](CCC(=O)O)C(=O)N[C@@H](CCC(=O)O)C(=O)N[C@@H](Cc1c[nH]cn1)C(=O)N[C@@H](CC(=O)O)C(=O)N[C@@H](Cc1c[nH]cn1)C(=O)N[C@@H](CC(=O)O)C(=O)N[C@@H](Cc1c[nH]cn1)C(=O)N1CCC[C@H]1C(=O)N[C@@H](Cc1ccccc1)C(=O)N[C@@H](Cc1c[nH]cn1)C(=O)N[C@@H](CC(C)C)C(=O)O. The summed E-state index contributed by atoms with van der Waals surface area (Å²) in [5.74, 6) is -22.2. The summed E-state index contributed by atoms with van der Waals surface area (Å²) in [4.78, 5) is 271. The van der Waals surface area contributed by atoms with Gasteiger partial charge in [0.2, 0.25) is 76.8 Å². The van der Waals surface area contributed by atoms with E-state index in [1.807, 2.05) is 0 Å². The van der Waals surface area contributed by atoms with Crippen molar-refractivity contribution in [3.63, 3.8) is 0 Å². The van der Waals surface area contributed by atoms with Gasteiger partial charge in [-0.15, -0.1) is 0 Å². The molecule has 0 aliphatic carbocycles. The maximum Gasteiger partial charge on any atom is 0.326 e. The molecule has 4 aromatic heterocycles. The lowest BCUT2D eigenvalue weighted by Crippen LogP contribution is -2.61. The van der Waals surface area contributed by atoms with Gasteiger partial charge >= 0.3 is 29.8 Å². The quantitative estimate of drug-likeness (QED) is 0.0161. The molecule has 1 saturated heterocycles. The zero-order valence-corrected chi connectivity index (χ0v) is 62.7. The smallest absolute Gasteiger partial charge is 0.326 e. The Morgan fingerprint density at radius 3 is 1.21 bits per heavy atom. The monoisotopic (exact) mass is 1610 g/mol. The summed E-state index contributed by atoms with van der Waals surface area (Å²) < 4.78 is 0. The lowest BCUT2D eigenvalue weighted by atomic mass is 10.0. The van der Waals surface area contributed by atoms with E-state index in [4.69, 9.17) is 0 Å². The van der Waals surface area contributed by atoms with Gasteiger partial charge in [0.05, 0.1) is 67.5 Å². The number of likely N-dealkylation sites (tertiary alicyclic amines) is 1. The molecule has 616 valence electrons. The van der Waals surface area contributed by atoms with Gasteiger partial charge in [0.1, 0.15) is 72.5 Å². The number of amides is 13. The molecular formula is C69H91N21O23S. The van der Waals surface area contributed by atoms with Crippen molar-refractivity contribution >= 4 is 119 Å². The molecule has 5 heterocycles. The van der Waals surface area contributed by atoms with E-state index < -0.39 is 243 Å². The van der Waals surface area contributed by atoms with E-state index in [2.05, 4.69) is 116 Å². The Kier molecular flexibility index (Phi) is 35.2. The number of carbonyl (C=O) groups excluding carboxylic acids is 13. The molecule has 114 heavy (non-hydrogen) atoms. The second-order valence-corrected chi connectivity index (χ2v) is 27.2. The average molecular weight is 1610 g/mol. The molecule has 5 aromatic rings. The Morgan fingerprint density at radius 2 is 0.825 bits per heavy atom. The van der Waals surface area contributed by atoms with E-state index >= 15 is 4.79 Å². The molecule has 21 N–H and O–H groups in total. The maximum absolute atomic E-state index is 15.0. The molecular weight excluding hydrogens is 1520 g/mol. The van der Waals surface area contributed by atoms with E-state index in [-0.39, 0.29) is 67.4 Å². The van der Waals surface area contributed by atoms with Crippen LogP contribution in [0, 0.1) is 5.92 Å². The number of aliphatic carboxylic acids is 5. The van der Waals surface area contributed by atoms with Gasteiger partial charge < -0.3 is 114 Å². The number of carboxylic acid groups (broad SMARTS) is 5. The van der Waals surface area contributed by atoms with E-state index in [0.29, 0.717) is 11.3 Å². The number of imidazole rings is 4. The molecule has 1 fully saturated rings. The standard InChI is InChI=1S/C69H91N21O23S/c1-34(2)16-50(69(112)113)89-64(107)46(20-39-26-72-32-77-39)83-61(104)43(17-36-8-5-4-6-9-36)87-67(110)52-10-7-15-90(52)68(111)49(21-40-27-73-33-78-40)88-66(109)48(23-57(99)100)86-63(106)45(19-38-25-71-31-76-38)84-65(108)47(22-56(97)98)85-62(105)44(18-37-24-70-30-75-37)82-60(103)42(12-14-55(95)96)81-59(102)41(11-13-54(93)94)80-53(92)28-74-58(101)51(29-114)79-35(3)91/h4-6,8-9,24-27,30-34,41-52,114H,7,10-23,28-29H2,1-3H3,(H,70,75)(H,71,76)(H,72,77)(H,73,78)(H,74,101)(H,79,91)(H,80,92)(H,81,102)(H,82,103)(H,83,104)(H,84,108)(H,85,105)(H,86,106)(H,87,110)(H,88,109)(H,89,107)(H,93,94)(H,95,96)(H,97,98)(H,99,100)(H,112,113)/t41-,42-,43-,44-,45-,46-,47-,48-,49-,50-,51-,52-/m0/s1. The third-order valence-electron chi connectivity index (χ3n) is 17.4. The fourth-order valence-electron chi connectivity index (χ4n) is 11.8. The van der Waals surface area contributed by atoms with Gasteiger partial charge in [-0.3, -0.25) is 81.5 Å². The van der Waals surface area contributed by atoms with Crippen LogP contribution in [0.1, 0.15) is 107 Å². The molecule has 0 unspecified atom stereocenters. The molecule has 1 aromatic carbocycles. The summed E-state index contributed by atoms with van der Waals surface area (Å²) in [5.41, 5.74) is 1.05. The van der Waals surface area contributed by atoms with Crippen molar-refractivity contribution in [2.75, 3.05) is 18.8 Å². The Morgan fingerprint density at radius 1 is 0.447 bits per heavy atom. The first-order valence-corrected chi connectivity index (χ1v) is 36.3. The normalized spacial score (nSPS) is 15.3. The van der Waals surface area contributed by atoms with E-state index in [9.17, 15) is 107 Å². The third kappa shape index (κ3) is 29.9. The van der Waals surface area contributed by atoms with E-state index in [0.717, 1.165) is 24.5 Å². The number of nitrogens with zero attached hydrogens (tertiary/aromatic N) is 5. The van der Waals surface area contributed by atoms with Crippen molar-refractivity contribution in [1.29, 1.82) is 0 Å². The van der Waals surface area contributed by atoms with Crippen LogP contribution in [-0.2, 0) is 118 Å². The van der Waals surface area contributed by atoms with Crippen molar-refractivity contribution in [3.05, 3.63) is 109 Å². The van der Waals surface area contributed by atoms with Gasteiger partial charge in [-0.25, -0.2) is 24.7 Å². The average Bonchev–Trinajstić information content (AvgIpc) is 1.61. The molecule has 0 bridgehead atoms. The zero-order valence-electron chi connectivity index (χ0n) is 61.8. The first-order chi connectivity index (χ1) is 54.2. The third-order valence-corrected chi connectivity index (χ3v) is 17.7. The molecule has 0 radical (unpaired) electrons. The molecule has 0 spiro atoms. The van der Waals surface area contributed by atoms with Gasteiger partial charge in [-0.05, 0) is 43.6 Å². The molecule has 0 saturated carbocycles. The summed E-state index contributed by atoms with van der Waals surface area (Å²) >= 11 is 3.99. The molecule has 12 atom stereocenters. The second kappa shape index (κ2) is 44.6. The number of hydrogen-bond donors (Lipinski definition) is 22. The number of aromatic amines is 4. The van der Waals surface area contributed by atoms with E-state index in [1.165, 1.54) is 37.4 Å². The van der Waals surface area contributed by atoms with Crippen molar-refractivity contribution in [2.24, 2.45) is 5.92 Å². The highest BCUT2D eigenvalue weighted by molar-refractivity contribution is 7.80. The second-order valence-electron chi connectivity index (χ2n) is 26.8. The van der Waals surface area contributed by atoms with Gasteiger partial charge in [0, 0.05) is 89.0 Å². The topological polar surface area (TPSA) is 671 Å². The number of aromatic nitrogens is 8. The molecule has 13 amide bonds. The molecule has 1 aliphatic heterocycles. The summed E-state index contributed by atoms with van der Waals surface area (Å²) in [6.07, 6.45) is 2.95. The Hall–Kier alpha value is -13.1. The largest absolute Gasteiger partial charge is 0.481 e. The summed E-state index contributed by atoms with van der Waals surface area (Å²) in [7, 11) is 0. The van der Waals surface area contributed by atoms with Crippen LogP contribution in [0.5, 0.6) is 0 Å². The van der Waals surface area contributed by atoms with Crippen molar-refractivity contribution in [1.82, 2.24) is 109 Å². The first-order valence-electron chi connectivity index (χ1n) is 35.7. The number of rotatable bonds is 48. The van der Waals surface area contributed by atoms with Gasteiger partial charge in [-0.2, -0.15) is 12.6 Å². The minimum atomic E-state index is -2.20. The number of thiol groups is 1. The Labute approximate surface area is 653 Å². The summed E-state index contributed by atoms with van der Waals surface area (Å²) in [6.45, 7) is 3.67. The number of hydrogen-bond acceptors (Lipinski definition) is 23. The number of H-pyrrole nitrogens is 4. The predicted molar refractivity (Wildman–Crippen MR) is 393 cm³/mol. The van der Waals surface area contributed by atoms with Crippen LogP contribution >= 0.6 is 12.6 Å². The van der Waals surface area contributed by atoms with Crippen LogP contribution in [0.15, 0.2) is 80.4 Å². The van der Waals surface area contributed by atoms with E-state index in [1.54, 1.807) is 44.2 Å². The predicted octanol–water partition coefficient (Wildman–Crippen LogP) is -5.71. The van der Waals surface area contributed by atoms with Gasteiger partial charge in [0.15, 0.2) is 0 Å². The molecule has 45 heteroatoms. The highest BCUT2D eigenvalue weighted by atomic mass is 32.1. The van der Waals surface area contributed by atoms with Crippen LogP contribution in [-0.4, -0.2) is 268 Å². The number of nitrogens with one attached hydrogen (secondary N) is 16. The molecule has 1 aliphatic rings. The van der Waals surface area contributed by atoms with Crippen LogP contribution in [0.25, 0.3) is 0 Å². The van der Waals surface area contributed by atoms with Crippen molar-refractivity contribution in [3.8, 4) is 0 Å². The van der Waals surface area contributed by atoms with Crippen LogP contribution in [0.2, 0.25) is 0 Å². The minimum absolute atomic E-state index is 0.00449. The van der Waals surface area contributed by atoms with Crippen LogP contribution in [0.3, 0.4) is 0 Å². The highest BCUT2D eigenvalue weighted by Gasteiger charge is 2.42. The number of carbonyl (C=O) groups is 18. The van der Waals surface area contributed by atoms with Crippen molar-refractivity contribution < 1.29 is 112 Å². The maximum atomic E-state index is 15.0. The minimum Gasteiger partial charge on any atom is -0.481 e. The van der Waals surface area contributed by atoms with Crippen LogP contribution in [0.4, 0.5) is 0 Å². The van der Waals surface area contributed by atoms with Gasteiger partial charge in [0.25, 0.3) is 0 Å². The fourth-order valence-corrected chi connectivity index (χ4v) is 12.0. The lowest BCUT2D eigenvalue weighted by molar-refractivity contribution is -0.144. The fraction of sp³-hybridized carbons (Fsp3) is 0.478. The highest BCUT2D eigenvalue weighted by Crippen LogP contribution is 2.22. The number of carboxylic acids is 5. The van der Waals surface area contributed by atoms with Crippen molar-refractivity contribution in [2.45, 2.75) is 183 Å². The van der Waals surface area contributed by atoms with Gasteiger partial charge in [-0.1, -0.05) is 44.2 Å². The summed E-state index contributed by atoms with van der Waals surface area (Å²) in [5, 5.41) is 77.8. The number of benzene rings is 1. The first kappa shape index (κ1) is 89.8.